The van der Waals surface area contributed by atoms with Crippen molar-refractivity contribution >= 4 is 5.91 Å². The molecule has 0 aromatic carbocycles. The molecule has 0 radical (unpaired) electrons. The van der Waals surface area contributed by atoms with Crippen LogP contribution in [0.15, 0.2) is 16.5 Å². The van der Waals surface area contributed by atoms with Gasteiger partial charge in [0, 0.05) is 25.0 Å². The zero-order valence-corrected chi connectivity index (χ0v) is 13.7. The Morgan fingerprint density at radius 3 is 2.81 bits per heavy atom. The summed E-state index contributed by atoms with van der Waals surface area (Å²) in [6.07, 6.45) is 2.12. The number of furan rings is 1. The summed E-state index contributed by atoms with van der Waals surface area (Å²) in [5.41, 5.74) is 0. The Hall–Kier alpha value is -1.29. The number of amides is 1. The van der Waals surface area contributed by atoms with Gasteiger partial charge in [0.25, 0.3) is 0 Å². The molecule has 1 fully saturated rings. The highest BCUT2D eigenvalue weighted by Crippen LogP contribution is 2.22. The molecule has 0 saturated carbocycles. The fraction of sp³-hybridized carbons (Fsp3) is 0.706. The number of rotatable bonds is 5. The molecule has 1 amide bonds. The Bertz CT molecular complexity index is 467. The van der Waals surface area contributed by atoms with Gasteiger partial charge in [-0.15, -0.1) is 0 Å². The van der Waals surface area contributed by atoms with E-state index in [0.29, 0.717) is 12.0 Å². The van der Waals surface area contributed by atoms with Crippen LogP contribution >= 0.6 is 0 Å². The smallest absolute Gasteiger partial charge is 0.225 e. The fourth-order valence-electron chi connectivity index (χ4n) is 3.09. The molecule has 0 spiro atoms. The number of aryl methyl sites for hydroxylation is 1. The molecule has 1 saturated heterocycles. The second-order valence-corrected chi connectivity index (χ2v) is 6.40. The van der Waals surface area contributed by atoms with Crippen LogP contribution in [0.3, 0.4) is 0 Å². The van der Waals surface area contributed by atoms with Crippen molar-refractivity contribution in [1.82, 2.24) is 10.2 Å². The summed E-state index contributed by atoms with van der Waals surface area (Å²) in [6, 6.07) is 4.50. The van der Waals surface area contributed by atoms with Gasteiger partial charge in [0.05, 0.1) is 6.54 Å². The first kappa shape index (κ1) is 16.1. The Morgan fingerprint density at radius 1 is 1.48 bits per heavy atom. The van der Waals surface area contributed by atoms with Crippen LogP contribution in [0.5, 0.6) is 0 Å². The van der Waals surface area contributed by atoms with Crippen LogP contribution < -0.4 is 5.32 Å². The van der Waals surface area contributed by atoms with Gasteiger partial charge in [0.2, 0.25) is 5.91 Å². The largest absolute Gasteiger partial charge is 0.465 e. The number of piperidine rings is 1. The summed E-state index contributed by atoms with van der Waals surface area (Å²) < 4.78 is 5.61. The maximum atomic E-state index is 12.1. The van der Waals surface area contributed by atoms with Crippen molar-refractivity contribution in [3.8, 4) is 0 Å². The molecule has 0 bridgehead atoms. The summed E-state index contributed by atoms with van der Waals surface area (Å²) >= 11 is 0. The van der Waals surface area contributed by atoms with E-state index in [1.165, 1.54) is 0 Å². The molecule has 1 aliphatic rings. The van der Waals surface area contributed by atoms with Gasteiger partial charge < -0.3 is 14.6 Å². The Labute approximate surface area is 127 Å². The van der Waals surface area contributed by atoms with Crippen LogP contribution in [-0.4, -0.2) is 29.9 Å². The highest BCUT2D eigenvalue weighted by atomic mass is 16.3. The molecule has 4 nitrogen and oxygen atoms in total. The van der Waals surface area contributed by atoms with Crippen molar-refractivity contribution in [3.05, 3.63) is 23.7 Å². The van der Waals surface area contributed by atoms with E-state index in [0.717, 1.165) is 44.0 Å². The normalized spacial score (nSPS) is 22.8. The molecule has 2 rings (SSSR count). The van der Waals surface area contributed by atoms with Gasteiger partial charge in [0.1, 0.15) is 11.5 Å². The third-order valence-corrected chi connectivity index (χ3v) is 4.40. The predicted molar refractivity (Wildman–Crippen MR) is 83.9 cm³/mol. The average Bonchev–Trinajstić information content (AvgIpc) is 2.89. The number of carbonyl (C=O) groups is 1. The van der Waals surface area contributed by atoms with Crippen molar-refractivity contribution in [2.45, 2.75) is 53.1 Å². The standard InChI is InChI=1S/C17H28N2O2/c1-5-14-11-19(17(20)12(2)3)9-8-16(14)18-10-15-7-6-13(4)21-15/h6-7,12,14,16,18H,5,8-11H2,1-4H3/t14-,16-/m1/s1. The zero-order chi connectivity index (χ0) is 15.4. The van der Waals surface area contributed by atoms with E-state index in [4.69, 9.17) is 4.42 Å². The second-order valence-electron chi connectivity index (χ2n) is 6.40. The Balaban J connectivity index is 1.88. The van der Waals surface area contributed by atoms with E-state index in [1.54, 1.807) is 0 Å². The number of likely N-dealkylation sites (tertiary alicyclic amines) is 1. The van der Waals surface area contributed by atoms with Gasteiger partial charge in [0.15, 0.2) is 0 Å². The third kappa shape index (κ3) is 4.10. The monoisotopic (exact) mass is 292 g/mol. The predicted octanol–water partition coefficient (Wildman–Crippen LogP) is 2.96. The summed E-state index contributed by atoms with van der Waals surface area (Å²) in [6.45, 7) is 10.6. The highest BCUT2D eigenvalue weighted by molar-refractivity contribution is 5.78. The summed E-state index contributed by atoms with van der Waals surface area (Å²) in [5.74, 6) is 2.85. The van der Waals surface area contributed by atoms with Gasteiger partial charge in [-0.1, -0.05) is 27.2 Å². The lowest BCUT2D eigenvalue weighted by molar-refractivity contribution is -0.136. The lowest BCUT2D eigenvalue weighted by Crippen LogP contribution is -2.51. The number of hydrogen-bond acceptors (Lipinski definition) is 3. The van der Waals surface area contributed by atoms with Gasteiger partial charge in [-0.2, -0.15) is 0 Å². The number of nitrogens with zero attached hydrogens (tertiary/aromatic N) is 1. The molecule has 1 aromatic rings. The van der Waals surface area contributed by atoms with Gasteiger partial charge in [-0.3, -0.25) is 4.79 Å². The van der Waals surface area contributed by atoms with Crippen LogP contribution in [0.25, 0.3) is 0 Å². The average molecular weight is 292 g/mol. The van der Waals surface area contributed by atoms with Crippen LogP contribution in [0.2, 0.25) is 0 Å². The van der Waals surface area contributed by atoms with Gasteiger partial charge >= 0.3 is 0 Å². The van der Waals surface area contributed by atoms with E-state index in [-0.39, 0.29) is 11.8 Å². The quantitative estimate of drug-likeness (QED) is 0.907. The highest BCUT2D eigenvalue weighted by Gasteiger charge is 2.30. The third-order valence-electron chi connectivity index (χ3n) is 4.40. The summed E-state index contributed by atoms with van der Waals surface area (Å²) in [5, 5.41) is 3.61. The lowest BCUT2D eigenvalue weighted by atomic mass is 9.89. The van der Waals surface area contributed by atoms with Crippen LogP contribution in [-0.2, 0) is 11.3 Å². The minimum atomic E-state index is 0.0955. The van der Waals surface area contributed by atoms with E-state index >= 15 is 0 Å². The molecular weight excluding hydrogens is 264 g/mol. The van der Waals surface area contributed by atoms with Gasteiger partial charge in [-0.05, 0) is 31.4 Å². The van der Waals surface area contributed by atoms with Crippen LogP contribution in [0.1, 0.15) is 45.1 Å². The summed E-state index contributed by atoms with van der Waals surface area (Å²) in [7, 11) is 0. The van der Waals surface area contributed by atoms with Crippen molar-refractivity contribution < 1.29 is 9.21 Å². The molecule has 118 valence electrons. The molecule has 1 aliphatic heterocycles. The van der Waals surface area contributed by atoms with E-state index in [2.05, 4.69) is 12.2 Å². The van der Waals surface area contributed by atoms with E-state index < -0.39 is 0 Å². The molecular formula is C17H28N2O2. The topological polar surface area (TPSA) is 45.5 Å². The molecule has 0 unspecified atom stereocenters. The molecule has 2 heterocycles. The Kier molecular flexibility index (Phi) is 5.45. The zero-order valence-electron chi connectivity index (χ0n) is 13.7. The minimum absolute atomic E-state index is 0.0955. The molecule has 21 heavy (non-hydrogen) atoms. The van der Waals surface area contributed by atoms with Crippen molar-refractivity contribution in [1.29, 1.82) is 0 Å². The number of nitrogens with one attached hydrogen (secondary N) is 1. The molecule has 2 atom stereocenters. The van der Waals surface area contributed by atoms with Crippen LogP contribution in [0, 0.1) is 18.8 Å². The minimum Gasteiger partial charge on any atom is -0.465 e. The number of hydrogen-bond donors (Lipinski definition) is 1. The van der Waals surface area contributed by atoms with E-state index in [9.17, 15) is 4.79 Å². The Morgan fingerprint density at radius 2 is 2.24 bits per heavy atom. The SMILES string of the molecule is CC[C@@H]1CN(C(=O)C(C)C)CC[C@H]1NCc1ccc(C)o1. The van der Waals surface area contributed by atoms with Crippen molar-refractivity contribution in [3.63, 3.8) is 0 Å². The van der Waals surface area contributed by atoms with Crippen molar-refractivity contribution in [2.24, 2.45) is 11.8 Å². The first-order chi connectivity index (χ1) is 10.0. The molecule has 4 heteroatoms. The van der Waals surface area contributed by atoms with Crippen LogP contribution in [0.4, 0.5) is 0 Å². The first-order valence-corrected chi connectivity index (χ1v) is 8.08. The number of carbonyl (C=O) groups excluding carboxylic acids is 1. The fourth-order valence-corrected chi connectivity index (χ4v) is 3.09. The molecule has 0 aliphatic carbocycles. The lowest BCUT2D eigenvalue weighted by Gasteiger charge is -2.39. The van der Waals surface area contributed by atoms with E-state index in [1.807, 2.05) is 37.8 Å². The molecule has 1 aromatic heterocycles. The second kappa shape index (κ2) is 7.12. The molecule has 1 N–H and O–H groups in total. The van der Waals surface area contributed by atoms with Gasteiger partial charge in [-0.25, -0.2) is 0 Å². The summed E-state index contributed by atoms with van der Waals surface area (Å²) in [4.78, 5) is 14.2. The maximum absolute atomic E-state index is 12.1. The van der Waals surface area contributed by atoms with Crippen molar-refractivity contribution in [2.75, 3.05) is 13.1 Å². The maximum Gasteiger partial charge on any atom is 0.225 e. The first-order valence-electron chi connectivity index (χ1n) is 8.08.